The van der Waals surface area contributed by atoms with Crippen molar-refractivity contribution in [2.45, 2.75) is 30.7 Å². The largest absolute Gasteiger partial charge is 0.394 e. The molecule has 0 aliphatic carbocycles. The predicted molar refractivity (Wildman–Crippen MR) is 40.8 cm³/mol. The van der Waals surface area contributed by atoms with Gasteiger partial charge in [-0.25, -0.2) is 0 Å². The summed E-state index contributed by atoms with van der Waals surface area (Å²) in [5, 5.41) is 36.6. The molecule has 6 nitrogen and oxygen atoms in total. The van der Waals surface area contributed by atoms with E-state index in [1.807, 2.05) is 0 Å². The molecule has 6 heteroatoms. The summed E-state index contributed by atoms with van der Waals surface area (Å²) in [5.74, 6) is 0. The highest BCUT2D eigenvalue weighted by Gasteiger charge is 2.43. The third-order valence-corrected chi connectivity index (χ3v) is 2.08. The Labute approximate surface area is 75.3 Å². The van der Waals surface area contributed by atoms with Crippen LogP contribution in [0.25, 0.3) is 0 Å². The molecule has 0 bridgehead atoms. The minimum Gasteiger partial charge on any atom is -0.394 e. The molecule has 0 radical (unpaired) electrons. The molecule has 13 heavy (non-hydrogen) atoms. The molecule has 0 spiro atoms. The summed E-state index contributed by atoms with van der Waals surface area (Å²) in [7, 11) is 1.30. The lowest BCUT2D eigenvalue weighted by Crippen LogP contribution is -2.58. The fourth-order valence-electron chi connectivity index (χ4n) is 1.26. The smallest absolute Gasteiger partial charge is 0.186 e. The van der Waals surface area contributed by atoms with Crippen LogP contribution in [0.4, 0.5) is 0 Å². The van der Waals surface area contributed by atoms with E-state index in [2.05, 4.69) is 0 Å². The lowest BCUT2D eigenvalue weighted by Gasteiger charge is -2.38. The van der Waals surface area contributed by atoms with Crippen molar-refractivity contribution in [3.63, 3.8) is 0 Å². The molecule has 5 atom stereocenters. The Balaban J connectivity index is 2.66. The summed E-state index contributed by atoms with van der Waals surface area (Å²) < 4.78 is 9.65. The van der Waals surface area contributed by atoms with Crippen LogP contribution in [0.15, 0.2) is 0 Å². The maximum absolute atomic E-state index is 9.28. The van der Waals surface area contributed by atoms with Crippen LogP contribution in [0.2, 0.25) is 0 Å². The van der Waals surface area contributed by atoms with Gasteiger partial charge in [0.15, 0.2) is 6.29 Å². The monoisotopic (exact) mass is 195 g/mol. The van der Waals surface area contributed by atoms with E-state index < -0.39 is 37.3 Å². The Morgan fingerprint density at radius 1 is 1.38 bits per heavy atom. The zero-order valence-electron chi connectivity index (χ0n) is 7.20. The number of aliphatic hydroxyl groups is 4. The fraction of sp³-hybridized carbons (Fsp3) is 1.00. The van der Waals surface area contributed by atoms with Crippen LogP contribution in [0, 0.1) is 0 Å². The van der Waals surface area contributed by atoms with Gasteiger partial charge in [-0.15, -0.1) is 0 Å². The highest BCUT2D eigenvalue weighted by Crippen LogP contribution is 2.20. The number of hydrogen-bond donors (Lipinski definition) is 4. The molecule has 1 fully saturated rings. The van der Waals surface area contributed by atoms with Gasteiger partial charge in [0.1, 0.15) is 24.4 Å². The normalized spacial score (nSPS) is 46.4. The summed E-state index contributed by atoms with van der Waals surface area (Å²) in [6.45, 7) is -0.440. The van der Waals surface area contributed by atoms with Crippen LogP contribution >= 0.6 is 0 Å². The molecule has 1 rings (SSSR count). The zero-order chi connectivity index (χ0) is 10.0. The van der Waals surface area contributed by atoms with Gasteiger partial charge >= 0.3 is 0 Å². The van der Waals surface area contributed by atoms with E-state index in [9.17, 15) is 15.3 Å². The highest BCUT2D eigenvalue weighted by atomic mass is 17.2. The van der Waals surface area contributed by atoms with E-state index in [0.29, 0.717) is 0 Å². The maximum atomic E-state index is 9.28. The SMILES string of the molecule is CO[C@H]1O[C@H](CO)[C@@H](O)[C@H](O)[C@H]1[17OH]. The van der Waals surface area contributed by atoms with Crippen molar-refractivity contribution >= 4 is 0 Å². The minimum absolute atomic E-state index is 0.440. The summed E-state index contributed by atoms with van der Waals surface area (Å²) in [5.41, 5.74) is 0. The molecule has 0 aromatic heterocycles. The quantitative estimate of drug-likeness (QED) is 0.386. The maximum Gasteiger partial charge on any atom is 0.186 e. The number of ether oxygens (including phenoxy) is 2. The van der Waals surface area contributed by atoms with E-state index in [1.165, 1.54) is 7.11 Å². The summed E-state index contributed by atoms with van der Waals surface area (Å²) in [6, 6.07) is 0. The van der Waals surface area contributed by atoms with E-state index in [-0.39, 0.29) is 0 Å². The molecule has 0 aromatic carbocycles. The lowest BCUT2D eigenvalue weighted by atomic mass is 10.00. The van der Waals surface area contributed by atoms with Crippen LogP contribution in [0.5, 0.6) is 0 Å². The van der Waals surface area contributed by atoms with Crippen LogP contribution in [0.1, 0.15) is 0 Å². The number of aliphatic hydroxyl groups excluding tert-OH is 4. The van der Waals surface area contributed by atoms with Crippen LogP contribution in [-0.2, 0) is 9.47 Å². The zero-order valence-corrected chi connectivity index (χ0v) is 7.20. The first-order valence-electron chi connectivity index (χ1n) is 3.95. The topological polar surface area (TPSA) is 99.4 Å². The molecule has 0 unspecified atom stereocenters. The minimum atomic E-state index is -1.36. The van der Waals surface area contributed by atoms with Crippen molar-refractivity contribution < 1.29 is 29.9 Å². The Morgan fingerprint density at radius 2 is 2.00 bits per heavy atom. The number of methoxy groups -OCH3 is 1. The molecule has 1 aliphatic heterocycles. The summed E-state index contributed by atoms with van der Waals surface area (Å²) in [4.78, 5) is 0. The van der Waals surface area contributed by atoms with Crippen molar-refractivity contribution in [3.8, 4) is 0 Å². The molecule has 78 valence electrons. The Hall–Kier alpha value is -0.240. The van der Waals surface area contributed by atoms with Gasteiger partial charge in [0, 0.05) is 7.11 Å². The summed E-state index contributed by atoms with van der Waals surface area (Å²) >= 11 is 0. The lowest BCUT2D eigenvalue weighted by molar-refractivity contribution is -0.294. The molecular weight excluding hydrogens is 181 g/mol. The van der Waals surface area contributed by atoms with Gasteiger partial charge in [-0.2, -0.15) is 0 Å². The van der Waals surface area contributed by atoms with Gasteiger partial charge < -0.3 is 29.9 Å². The molecule has 0 aromatic rings. The van der Waals surface area contributed by atoms with Crippen LogP contribution < -0.4 is 0 Å². The Kier molecular flexibility index (Phi) is 3.60. The van der Waals surface area contributed by atoms with Gasteiger partial charge in [-0.1, -0.05) is 0 Å². The molecule has 1 heterocycles. The molecular formula is C7H14O6. The standard InChI is InChI=1S/C7H14O6/c1-12-7-6(11)5(10)4(9)3(2-8)13-7/h3-11H,2H2,1H3/t3-,4-,5+,6-,7+/m1/s1/i11+1. The fourth-order valence-corrected chi connectivity index (χ4v) is 1.26. The van der Waals surface area contributed by atoms with E-state index in [1.54, 1.807) is 0 Å². The third-order valence-electron chi connectivity index (χ3n) is 2.08. The summed E-state index contributed by atoms with van der Waals surface area (Å²) in [6.07, 6.45) is -5.91. The molecule has 0 saturated carbocycles. The van der Waals surface area contributed by atoms with Gasteiger partial charge in [0.25, 0.3) is 0 Å². The highest BCUT2D eigenvalue weighted by molar-refractivity contribution is 4.88. The first-order chi connectivity index (χ1) is 6.11. The van der Waals surface area contributed by atoms with Crippen molar-refractivity contribution in [2.75, 3.05) is 13.7 Å². The Morgan fingerprint density at radius 3 is 2.46 bits per heavy atom. The third kappa shape index (κ3) is 1.98. The molecule has 1 saturated heterocycles. The average Bonchev–Trinajstić information content (AvgIpc) is 2.15. The van der Waals surface area contributed by atoms with E-state index in [4.69, 9.17) is 14.6 Å². The Bertz CT molecular complexity index is 143. The average molecular weight is 195 g/mol. The van der Waals surface area contributed by atoms with Crippen molar-refractivity contribution in [1.29, 1.82) is 0 Å². The van der Waals surface area contributed by atoms with Gasteiger partial charge in [-0.05, 0) is 0 Å². The molecule has 4 N–H and O–H groups in total. The van der Waals surface area contributed by atoms with Gasteiger partial charge in [0.05, 0.1) is 6.61 Å². The second kappa shape index (κ2) is 4.32. The van der Waals surface area contributed by atoms with Crippen LogP contribution in [0.3, 0.4) is 0 Å². The van der Waals surface area contributed by atoms with Gasteiger partial charge in [-0.3, -0.25) is 0 Å². The van der Waals surface area contributed by atoms with Crippen molar-refractivity contribution in [1.82, 2.24) is 0 Å². The number of hydrogen-bond acceptors (Lipinski definition) is 6. The van der Waals surface area contributed by atoms with Crippen molar-refractivity contribution in [2.24, 2.45) is 0 Å². The first-order valence-corrected chi connectivity index (χ1v) is 3.95. The van der Waals surface area contributed by atoms with E-state index >= 15 is 0 Å². The molecule has 1 aliphatic rings. The van der Waals surface area contributed by atoms with Crippen LogP contribution in [-0.4, -0.2) is 64.8 Å². The van der Waals surface area contributed by atoms with Gasteiger partial charge in [0.2, 0.25) is 0 Å². The second-order valence-corrected chi connectivity index (χ2v) is 2.93. The van der Waals surface area contributed by atoms with Crippen molar-refractivity contribution in [3.05, 3.63) is 0 Å². The first kappa shape index (κ1) is 10.8. The number of rotatable bonds is 2. The molecule has 0 amide bonds. The van der Waals surface area contributed by atoms with E-state index in [0.717, 1.165) is 0 Å². The predicted octanol–water partition coefficient (Wildman–Crippen LogP) is -2.57. The second-order valence-electron chi connectivity index (χ2n) is 2.93.